The molecule has 1 aromatic rings. The fourth-order valence-electron chi connectivity index (χ4n) is 3.47. The summed E-state index contributed by atoms with van der Waals surface area (Å²) in [5, 5.41) is 3.06. The number of nitrogens with zero attached hydrogens (tertiary/aromatic N) is 2. The molecular formula is C21H27N3O2. The Labute approximate surface area is 155 Å². The van der Waals surface area contributed by atoms with Crippen LogP contribution in [0.4, 0.5) is 0 Å². The van der Waals surface area contributed by atoms with Crippen LogP contribution >= 0.6 is 0 Å². The summed E-state index contributed by atoms with van der Waals surface area (Å²) in [4.78, 5) is 29.6. The van der Waals surface area contributed by atoms with Crippen molar-refractivity contribution in [2.24, 2.45) is 0 Å². The number of hydrogen-bond donors (Lipinski definition) is 1. The first-order valence-electron chi connectivity index (χ1n) is 8.99. The van der Waals surface area contributed by atoms with Crippen LogP contribution in [-0.2, 0) is 16.0 Å². The Hall–Kier alpha value is -2.56. The maximum atomic E-state index is 13.1. The normalized spacial score (nSPS) is 22.8. The van der Waals surface area contributed by atoms with Gasteiger partial charge in [0, 0.05) is 30.8 Å². The molecule has 5 heteroatoms. The first-order chi connectivity index (χ1) is 12.2. The van der Waals surface area contributed by atoms with Gasteiger partial charge in [0.1, 0.15) is 5.54 Å². The van der Waals surface area contributed by atoms with Crippen molar-refractivity contribution in [1.82, 2.24) is 15.1 Å². The molecule has 1 fully saturated rings. The number of carbonyl (C=O) groups is 2. The molecular weight excluding hydrogens is 326 g/mol. The predicted octanol–water partition coefficient (Wildman–Crippen LogP) is 2.46. The Balaban J connectivity index is 1.83. The number of carbonyl (C=O) groups excluding carboxylic acids is 2. The molecule has 0 bridgehead atoms. The van der Waals surface area contributed by atoms with E-state index in [-0.39, 0.29) is 17.4 Å². The van der Waals surface area contributed by atoms with Crippen molar-refractivity contribution >= 4 is 11.8 Å². The molecule has 1 atom stereocenters. The van der Waals surface area contributed by atoms with Gasteiger partial charge in [-0.2, -0.15) is 0 Å². The van der Waals surface area contributed by atoms with E-state index < -0.39 is 5.54 Å². The first kappa shape index (κ1) is 18.2. The van der Waals surface area contributed by atoms with Crippen molar-refractivity contribution in [3.05, 3.63) is 59.9 Å². The van der Waals surface area contributed by atoms with E-state index in [1.165, 1.54) is 0 Å². The van der Waals surface area contributed by atoms with Gasteiger partial charge in [0.2, 0.25) is 5.91 Å². The number of hydrogen-bond acceptors (Lipinski definition) is 3. The molecule has 5 nitrogen and oxygen atoms in total. The van der Waals surface area contributed by atoms with Gasteiger partial charge in [-0.15, -0.1) is 0 Å². The zero-order chi connectivity index (χ0) is 18.9. The highest BCUT2D eigenvalue weighted by Crippen LogP contribution is 2.33. The van der Waals surface area contributed by atoms with Crippen LogP contribution in [0.2, 0.25) is 0 Å². The molecule has 26 heavy (non-hydrogen) atoms. The summed E-state index contributed by atoms with van der Waals surface area (Å²) in [6.45, 7) is 6.57. The minimum absolute atomic E-state index is 0.0116. The lowest BCUT2D eigenvalue weighted by molar-refractivity contribution is -0.163. The molecule has 2 heterocycles. The van der Waals surface area contributed by atoms with E-state index in [1.54, 1.807) is 0 Å². The number of benzene rings is 1. The topological polar surface area (TPSA) is 52.7 Å². The quantitative estimate of drug-likeness (QED) is 0.846. The van der Waals surface area contributed by atoms with E-state index in [9.17, 15) is 9.59 Å². The van der Waals surface area contributed by atoms with E-state index in [1.807, 2.05) is 86.4 Å². The SMILES string of the molecule is CN1C=CCC(C(=O)N[C@]2(Cc3ccccc3)CN(C(C)(C)C)C2=O)=C1. The summed E-state index contributed by atoms with van der Waals surface area (Å²) >= 11 is 0. The van der Waals surface area contributed by atoms with E-state index >= 15 is 0 Å². The summed E-state index contributed by atoms with van der Waals surface area (Å²) in [7, 11) is 1.89. The first-order valence-corrected chi connectivity index (χ1v) is 8.99. The van der Waals surface area contributed by atoms with Crippen LogP contribution in [0.15, 0.2) is 54.4 Å². The van der Waals surface area contributed by atoms with Gasteiger partial charge < -0.3 is 15.1 Å². The number of nitrogens with one attached hydrogen (secondary N) is 1. The minimum Gasteiger partial charge on any atom is -0.357 e. The zero-order valence-corrected chi connectivity index (χ0v) is 16.0. The fourth-order valence-corrected chi connectivity index (χ4v) is 3.47. The van der Waals surface area contributed by atoms with Crippen LogP contribution in [0.3, 0.4) is 0 Å². The Kier molecular flexibility index (Phi) is 4.65. The third kappa shape index (κ3) is 3.52. The lowest BCUT2D eigenvalue weighted by Gasteiger charge is -2.54. The van der Waals surface area contributed by atoms with Crippen molar-refractivity contribution in [2.45, 2.75) is 44.7 Å². The highest BCUT2D eigenvalue weighted by molar-refractivity contribution is 6.02. The van der Waals surface area contributed by atoms with E-state index in [0.717, 1.165) is 5.56 Å². The van der Waals surface area contributed by atoms with Crippen LogP contribution in [0.5, 0.6) is 0 Å². The van der Waals surface area contributed by atoms with Gasteiger partial charge in [0.05, 0.1) is 6.54 Å². The molecule has 0 aliphatic carbocycles. The Morgan fingerprint density at radius 3 is 2.50 bits per heavy atom. The highest BCUT2D eigenvalue weighted by Gasteiger charge is 2.56. The summed E-state index contributed by atoms with van der Waals surface area (Å²) in [5.41, 5.74) is 0.593. The maximum absolute atomic E-state index is 13.1. The lowest BCUT2D eigenvalue weighted by atomic mass is 9.79. The average Bonchev–Trinajstić information content (AvgIpc) is 2.59. The molecule has 0 radical (unpaired) electrons. The van der Waals surface area contributed by atoms with Gasteiger partial charge >= 0.3 is 0 Å². The zero-order valence-electron chi connectivity index (χ0n) is 16.0. The van der Waals surface area contributed by atoms with Crippen LogP contribution < -0.4 is 5.32 Å². The molecule has 0 aromatic heterocycles. The molecule has 2 aliphatic heterocycles. The van der Waals surface area contributed by atoms with Gasteiger partial charge in [0.25, 0.3) is 5.91 Å². The monoisotopic (exact) mass is 353 g/mol. The molecule has 1 N–H and O–H groups in total. The van der Waals surface area contributed by atoms with E-state index in [0.29, 0.717) is 25.0 Å². The Bertz CT molecular complexity index is 761. The Morgan fingerprint density at radius 1 is 1.23 bits per heavy atom. The number of likely N-dealkylation sites (tertiary alicyclic amines) is 1. The fraction of sp³-hybridized carbons (Fsp3) is 0.429. The third-order valence-corrected chi connectivity index (χ3v) is 4.92. The van der Waals surface area contributed by atoms with Gasteiger partial charge in [0.15, 0.2) is 0 Å². The molecule has 1 aromatic carbocycles. The number of rotatable bonds is 4. The lowest BCUT2D eigenvalue weighted by Crippen LogP contribution is -2.78. The van der Waals surface area contributed by atoms with Crippen LogP contribution in [0.25, 0.3) is 0 Å². The number of β-lactam (4-membered cyclic amide) rings is 1. The second-order valence-electron chi connectivity index (χ2n) is 8.17. The molecule has 3 rings (SSSR count). The van der Waals surface area contributed by atoms with Crippen LogP contribution in [-0.4, -0.2) is 46.3 Å². The second-order valence-corrected chi connectivity index (χ2v) is 8.17. The summed E-state index contributed by atoms with van der Waals surface area (Å²) in [6, 6.07) is 9.86. The molecule has 138 valence electrons. The van der Waals surface area contributed by atoms with Gasteiger partial charge in [-0.05, 0) is 39.0 Å². The van der Waals surface area contributed by atoms with Crippen molar-refractivity contribution in [2.75, 3.05) is 13.6 Å². The second kappa shape index (κ2) is 6.63. The smallest absolute Gasteiger partial charge is 0.251 e. The molecule has 2 amide bonds. The van der Waals surface area contributed by atoms with Gasteiger partial charge in [-0.3, -0.25) is 9.59 Å². The number of amides is 2. The van der Waals surface area contributed by atoms with E-state index in [4.69, 9.17) is 0 Å². The van der Waals surface area contributed by atoms with Crippen LogP contribution in [0.1, 0.15) is 32.8 Å². The van der Waals surface area contributed by atoms with Crippen molar-refractivity contribution < 1.29 is 9.59 Å². The summed E-state index contributed by atoms with van der Waals surface area (Å²) in [5.74, 6) is -0.179. The van der Waals surface area contributed by atoms with Crippen molar-refractivity contribution in [3.8, 4) is 0 Å². The molecule has 0 spiro atoms. The standard InChI is InChI=1S/C21H27N3O2/c1-20(2,3)24-15-21(19(24)26,13-16-9-6-5-7-10-16)22-18(25)17-11-8-12-23(4)14-17/h5-10,12,14H,11,13,15H2,1-4H3,(H,22,25)/t21-/m1/s1. The number of allylic oxidation sites excluding steroid dienone is 1. The van der Waals surface area contributed by atoms with Crippen molar-refractivity contribution in [3.63, 3.8) is 0 Å². The Morgan fingerprint density at radius 2 is 1.92 bits per heavy atom. The van der Waals surface area contributed by atoms with Crippen LogP contribution in [0, 0.1) is 0 Å². The van der Waals surface area contributed by atoms with Crippen molar-refractivity contribution in [1.29, 1.82) is 0 Å². The third-order valence-electron chi connectivity index (χ3n) is 4.92. The molecule has 2 aliphatic rings. The molecule has 0 unspecified atom stereocenters. The van der Waals surface area contributed by atoms with E-state index in [2.05, 4.69) is 5.32 Å². The maximum Gasteiger partial charge on any atom is 0.251 e. The van der Waals surface area contributed by atoms with Gasteiger partial charge in [-0.25, -0.2) is 0 Å². The predicted molar refractivity (Wildman–Crippen MR) is 102 cm³/mol. The highest BCUT2D eigenvalue weighted by atomic mass is 16.2. The molecule has 1 saturated heterocycles. The largest absolute Gasteiger partial charge is 0.357 e. The minimum atomic E-state index is -0.869. The summed E-state index contributed by atoms with van der Waals surface area (Å²) < 4.78 is 0. The summed E-state index contributed by atoms with van der Waals surface area (Å²) in [6.07, 6.45) is 6.77. The van der Waals surface area contributed by atoms with Gasteiger partial charge in [-0.1, -0.05) is 36.4 Å². The average molecular weight is 353 g/mol. The molecule has 0 saturated carbocycles.